The fraction of sp³-hybridized carbons (Fsp3) is 0.154. The number of carboxylic acids is 1. The van der Waals surface area contributed by atoms with Gasteiger partial charge in [-0.15, -0.1) is 0 Å². The molecule has 0 fully saturated rings. The molecule has 5 heteroatoms. The van der Waals surface area contributed by atoms with Crippen molar-refractivity contribution in [1.82, 2.24) is 9.78 Å². The van der Waals surface area contributed by atoms with Gasteiger partial charge in [0.1, 0.15) is 0 Å². The summed E-state index contributed by atoms with van der Waals surface area (Å²) >= 11 is 0. The number of benzene rings is 1. The van der Waals surface area contributed by atoms with Crippen LogP contribution in [0.1, 0.15) is 21.5 Å². The van der Waals surface area contributed by atoms with Crippen molar-refractivity contribution < 1.29 is 9.90 Å². The van der Waals surface area contributed by atoms with Gasteiger partial charge < -0.3 is 5.11 Å². The number of aromatic nitrogens is 2. The van der Waals surface area contributed by atoms with E-state index in [1.807, 2.05) is 6.92 Å². The first-order chi connectivity index (χ1) is 8.58. The number of hydrogen-bond donors (Lipinski definition) is 1. The van der Waals surface area contributed by atoms with Crippen LogP contribution >= 0.6 is 0 Å². The highest BCUT2D eigenvalue weighted by atomic mass is 16.4. The van der Waals surface area contributed by atoms with Crippen LogP contribution in [0, 0.1) is 6.92 Å². The van der Waals surface area contributed by atoms with Gasteiger partial charge in [-0.2, -0.15) is 5.10 Å². The number of carboxylic acid groups (broad SMARTS) is 1. The molecule has 2 rings (SSSR count). The zero-order valence-electron chi connectivity index (χ0n) is 9.83. The molecule has 92 valence electrons. The van der Waals surface area contributed by atoms with Crippen LogP contribution in [-0.4, -0.2) is 20.9 Å². The maximum Gasteiger partial charge on any atom is 0.335 e. The first-order valence-electron chi connectivity index (χ1n) is 5.43. The molecule has 5 nitrogen and oxygen atoms in total. The van der Waals surface area contributed by atoms with Gasteiger partial charge in [0, 0.05) is 12.3 Å². The van der Waals surface area contributed by atoms with Gasteiger partial charge in [0.2, 0.25) is 0 Å². The number of rotatable bonds is 3. The molecule has 1 aromatic heterocycles. The van der Waals surface area contributed by atoms with Crippen molar-refractivity contribution in [2.24, 2.45) is 0 Å². The summed E-state index contributed by atoms with van der Waals surface area (Å²) in [6, 6.07) is 7.84. The van der Waals surface area contributed by atoms with Gasteiger partial charge in [-0.05, 0) is 36.2 Å². The number of hydrogen-bond acceptors (Lipinski definition) is 3. The highest BCUT2D eigenvalue weighted by Crippen LogP contribution is 2.11. The molecule has 0 atom stereocenters. The topological polar surface area (TPSA) is 72.2 Å². The molecule has 1 N–H and O–H groups in total. The number of aryl methyl sites for hydroxylation is 1. The van der Waals surface area contributed by atoms with Gasteiger partial charge >= 0.3 is 5.97 Å². The van der Waals surface area contributed by atoms with Gasteiger partial charge in [-0.3, -0.25) is 4.79 Å². The molecule has 1 aromatic carbocycles. The average Bonchev–Trinajstić information content (AvgIpc) is 2.34. The molecule has 0 unspecified atom stereocenters. The van der Waals surface area contributed by atoms with Crippen LogP contribution in [0.15, 0.2) is 41.3 Å². The zero-order valence-corrected chi connectivity index (χ0v) is 9.83. The maximum absolute atomic E-state index is 11.5. The van der Waals surface area contributed by atoms with Crippen molar-refractivity contribution in [1.29, 1.82) is 0 Å². The van der Waals surface area contributed by atoms with Crippen LogP contribution in [0.25, 0.3) is 0 Å². The second-order valence-electron chi connectivity index (χ2n) is 3.97. The Morgan fingerprint density at radius 3 is 2.78 bits per heavy atom. The van der Waals surface area contributed by atoms with Crippen molar-refractivity contribution >= 4 is 5.97 Å². The molecular weight excluding hydrogens is 232 g/mol. The highest BCUT2D eigenvalue weighted by molar-refractivity contribution is 5.87. The van der Waals surface area contributed by atoms with Crippen LogP contribution in [0.3, 0.4) is 0 Å². The minimum absolute atomic E-state index is 0.181. The molecule has 1 heterocycles. The second kappa shape index (κ2) is 4.83. The van der Waals surface area contributed by atoms with Gasteiger partial charge in [-0.25, -0.2) is 9.48 Å². The Morgan fingerprint density at radius 1 is 1.39 bits per heavy atom. The minimum Gasteiger partial charge on any atom is -0.478 e. The summed E-state index contributed by atoms with van der Waals surface area (Å²) in [6.07, 6.45) is 1.54. The molecule has 0 saturated heterocycles. The van der Waals surface area contributed by atoms with Gasteiger partial charge in [0.15, 0.2) is 0 Å². The summed E-state index contributed by atoms with van der Waals surface area (Å²) in [5, 5.41) is 12.8. The Balaban J connectivity index is 2.33. The van der Waals surface area contributed by atoms with Gasteiger partial charge in [0.05, 0.1) is 12.1 Å². The summed E-state index contributed by atoms with van der Waals surface area (Å²) < 4.78 is 1.34. The first-order valence-corrected chi connectivity index (χ1v) is 5.43. The van der Waals surface area contributed by atoms with E-state index in [0.717, 1.165) is 11.1 Å². The Kier molecular flexibility index (Phi) is 3.23. The standard InChI is InChI=1S/C13H12N2O3/c1-9-7-10(13(17)18)4-5-11(9)8-15-12(16)3-2-6-14-15/h2-7H,8H2,1H3,(H,17,18). The molecule has 0 amide bonds. The highest BCUT2D eigenvalue weighted by Gasteiger charge is 2.06. The van der Waals surface area contributed by atoms with E-state index in [-0.39, 0.29) is 11.1 Å². The third-order valence-electron chi connectivity index (χ3n) is 2.69. The summed E-state index contributed by atoms with van der Waals surface area (Å²) in [5.41, 5.74) is 1.76. The fourth-order valence-electron chi connectivity index (χ4n) is 1.67. The third-order valence-corrected chi connectivity index (χ3v) is 2.69. The fourth-order valence-corrected chi connectivity index (χ4v) is 1.67. The van der Waals surface area contributed by atoms with Crippen LogP contribution in [0.2, 0.25) is 0 Å². The van der Waals surface area contributed by atoms with Gasteiger partial charge in [0.25, 0.3) is 5.56 Å². The largest absolute Gasteiger partial charge is 0.478 e. The van der Waals surface area contributed by atoms with Gasteiger partial charge in [-0.1, -0.05) is 6.07 Å². The Morgan fingerprint density at radius 2 is 2.17 bits per heavy atom. The first kappa shape index (κ1) is 12.0. The summed E-state index contributed by atoms with van der Waals surface area (Å²) in [4.78, 5) is 22.3. The Labute approximate surface area is 103 Å². The summed E-state index contributed by atoms with van der Waals surface area (Å²) in [6.45, 7) is 2.15. The third kappa shape index (κ3) is 2.45. The monoisotopic (exact) mass is 244 g/mol. The lowest BCUT2D eigenvalue weighted by Gasteiger charge is -2.08. The molecule has 0 aliphatic heterocycles. The van der Waals surface area contributed by atoms with E-state index in [1.54, 1.807) is 24.4 Å². The number of carbonyl (C=O) groups is 1. The molecule has 0 bridgehead atoms. The molecular formula is C13H12N2O3. The van der Waals surface area contributed by atoms with Crippen LogP contribution in [-0.2, 0) is 6.54 Å². The van der Waals surface area contributed by atoms with Crippen LogP contribution in [0.5, 0.6) is 0 Å². The smallest absolute Gasteiger partial charge is 0.335 e. The molecule has 0 saturated carbocycles. The molecule has 2 aromatic rings. The van der Waals surface area contributed by atoms with Crippen molar-refractivity contribution in [2.45, 2.75) is 13.5 Å². The zero-order chi connectivity index (χ0) is 13.1. The van der Waals surface area contributed by atoms with E-state index in [2.05, 4.69) is 5.10 Å². The summed E-state index contributed by atoms with van der Waals surface area (Å²) in [7, 11) is 0. The molecule has 0 radical (unpaired) electrons. The lowest BCUT2D eigenvalue weighted by atomic mass is 10.1. The predicted octanol–water partition coefficient (Wildman–Crippen LogP) is 1.30. The SMILES string of the molecule is Cc1cc(C(=O)O)ccc1Cn1ncccc1=O. The second-order valence-corrected chi connectivity index (χ2v) is 3.97. The Hall–Kier alpha value is -2.43. The van der Waals surface area contributed by atoms with Crippen LogP contribution < -0.4 is 5.56 Å². The summed E-state index contributed by atoms with van der Waals surface area (Å²) in [5.74, 6) is -0.959. The van der Waals surface area contributed by atoms with Crippen molar-refractivity contribution in [3.8, 4) is 0 Å². The van der Waals surface area contributed by atoms with Crippen molar-refractivity contribution in [3.63, 3.8) is 0 Å². The quantitative estimate of drug-likeness (QED) is 0.883. The van der Waals surface area contributed by atoms with Crippen LogP contribution in [0.4, 0.5) is 0 Å². The van der Waals surface area contributed by atoms with Crippen molar-refractivity contribution in [2.75, 3.05) is 0 Å². The lowest BCUT2D eigenvalue weighted by Crippen LogP contribution is -2.22. The van der Waals surface area contributed by atoms with E-state index in [0.29, 0.717) is 6.54 Å². The van der Waals surface area contributed by atoms with E-state index in [9.17, 15) is 9.59 Å². The maximum atomic E-state index is 11.5. The normalized spacial score (nSPS) is 10.3. The molecule has 0 aliphatic rings. The average molecular weight is 244 g/mol. The predicted molar refractivity (Wildman–Crippen MR) is 65.7 cm³/mol. The van der Waals surface area contributed by atoms with E-state index in [4.69, 9.17) is 5.11 Å². The van der Waals surface area contributed by atoms with E-state index in [1.165, 1.54) is 16.8 Å². The van der Waals surface area contributed by atoms with Crippen molar-refractivity contribution in [3.05, 3.63) is 63.6 Å². The van der Waals surface area contributed by atoms with E-state index < -0.39 is 5.97 Å². The van der Waals surface area contributed by atoms with E-state index >= 15 is 0 Å². The molecule has 0 aliphatic carbocycles. The number of nitrogens with zero attached hydrogens (tertiary/aromatic N) is 2. The lowest BCUT2D eigenvalue weighted by molar-refractivity contribution is 0.0697. The Bertz CT molecular complexity index is 647. The minimum atomic E-state index is -0.959. The molecule has 0 spiro atoms. The molecule has 18 heavy (non-hydrogen) atoms. The number of aromatic carboxylic acids is 1.